The van der Waals surface area contributed by atoms with Gasteiger partial charge in [0.2, 0.25) is 0 Å². The van der Waals surface area contributed by atoms with Crippen molar-refractivity contribution >= 4 is 68.0 Å². The molecule has 3 aromatic rings. The predicted octanol–water partition coefficient (Wildman–Crippen LogP) is 4.95. The standard InChI is InChI=1S/C17H8Cl3N3O3S/c1-2-7-22-15-13(6-5-12(19)14(15)20)27-17(22)21-16(24)10-8-9(23(25)26)3-4-11(10)18/h1,3-6,8H,7H2. The van der Waals surface area contributed by atoms with Crippen molar-refractivity contribution in [3.63, 3.8) is 0 Å². The number of thiazole rings is 1. The first kappa shape index (κ1) is 19.4. The van der Waals surface area contributed by atoms with Crippen LogP contribution in [0.25, 0.3) is 10.2 Å². The van der Waals surface area contributed by atoms with Crippen molar-refractivity contribution in [3.8, 4) is 12.3 Å². The number of halogens is 3. The monoisotopic (exact) mass is 439 g/mol. The highest BCUT2D eigenvalue weighted by Gasteiger charge is 2.17. The van der Waals surface area contributed by atoms with E-state index in [-0.39, 0.29) is 27.6 Å². The minimum absolute atomic E-state index is 0.0556. The van der Waals surface area contributed by atoms with Crippen LogP contribution < -0.4 is 4.80 Å². The van der Waals surface area contributed by atoms with Crippen LogP contribution in [0.2, 0.25) is 15.1 Å². The molecule has 0 spiro atoms. The van der Waals surface area contributed by atoms with E-state index in [2.05, 4.69) is 10.9 Å². The van der Waals surface area contributed by atoms with Crippen LogP contribution in [0, 0.1) is 22.5 Å². The van der Waals surface area contributed by atoms with Crippen molar-refractivity contribution in [1.82, 2.24) is 4.57 Å². The average Bonchev–Trinajstić information content (AvgIpc) is 2.96. The number of nitrogens with zero attached hydrogens (tertiary/aromatic N) is 3. The highest BCUT2D eigenvalue weighted by molar-refractivity contribution is 7.16. The molecular weight excluding hydrogens is 433 g/mol. The molecule has 0 aliphatic heterocycles. The lowest BCUT2D eigenvalue weighted by molar-refractivity contribution is -0.384. The van der Waals surface area contributed by atoms with E-state index < -0.39 is 10.8 Å². The SMILES string of the molecule is C#CCn1c(=NC(=O)c2cc([N+](=O)[O-])ccc2Cl)sc2ccc(Cl)c(Cl)c21. The topological polar surface area (TPSA) is 77.5 Å². The van der Waals surface area contributed by atoms with Crippen molar-refractivity contribution in [2.75, 3.05) is 0 Å². The van der Waals surface area contributed by atoms with Gasteiger partial charge < -0.3 is 4.57 Å². The Labute approximate surface area is 171 Å². The number of carbonyl (C=O) groups excluding carboxylic acids is 1. The Balaban J connectivity index is 2.22. The largest absolute Gasteiger partial charge is 0.303 e. The zero-order valence-electron chi connectivity index (χ0n) is 13.3. The summed E-state index contributed by atoms with van der Waals surface area (Å²) in [5.41, 5.74) is 0.212. The van der Waals surface area contributed by atoms with E-state index in [1.54, 1.807) is 16.7 Å². The maximum Gasteiger partial charge on any atom is 0.281 e. The number of fused-ring (bicyclic) bond motifs is 1. The molecular formula is C17H8Cl3N3O3S. The summed E-state index contributed by atoms with van der Waals surface area (Å²) in [5, 5.41) is 11.6. The Hall–Kier alpha value is -2.37. The molecule has 0 saturated carbocycles. The van der Waals surface area contributed by atoms with Gasteiger partial charge >= 0.3 is 0 Å². The molecule has 136 valence electrons. The summed E-state index contributed by atoms with van der Waals surface area (Å²) in [7, 11) is 0. The molecule has 0 N–H and O–H groups in total. The van der Waals surface area contributed by atoms with E-state index in [4.69, 9.17) is 41.2 Å². The Morgan fingerprint density at radius 3 is 2.63 bits per heavy atom. The molecule has 0 radical (unpaired) electrons. The maximum absolute atomic E-state index is 12.6. The molecule has 0 aliphatic rings. The molecule has 2 aromatic carbocycles. The molecule has 0 aliphatic carbocycles. The third kappa shape index (κ3) is 3.70. The van der Waals surface area contributed by atoms with Gasteiger partial charge in [-0.2, -0.15) is 4.99 Å². The average molecular weight is 441 g/mol. The van der Waals surface area contributed by atoms with Crippen LogP contribution in [-0.4, -0.2) is 15.4 Å². The van der Waals surface area contributed by atoms with Crippen LogP contribution in [0.1, 0.15) is 10.4 Å². The van der Waals surface area contributed by atoms with E-state index in [0.29, 0.717) is 15.6 Å². The van der Waals surface area contributed by atoms with Crippen molar-refractivity contribution in [2.24, 2.45) is 4.99 Å². The summed E-state index contributed by atoms with van der Waals surface area (Å²) < 4.78 is 2.31. The third-order valence-corrected chi connectivity index (χ3v) is 5.74. The van der Waals surface area contributed by atoms with E-state index in [9.17, 15) is 14.9 Å². The van der Waals surface area contributed by atoms with Crippen LogP contribution in [0.4, 0.5) is 5.69 Å². The number of hydrogen-bond donors (Lipinski definition) is 0. The van der Waals surface area contributed by atoms with E-state index in [1.807, 2.05) is 0 Å². The molecule has 3 rings (SSSR count). The highest BCUT2D eigenvalue weighted by atomic mass is 35.5. The number of nitro groups is 1. The maximum atomic E-state index is 12.6. The number of hydrogen-bond acceptors (Lipinski definition) is 4. The molecule has 1 amide bonds. The number of carbonyl (C=O) groups is 1. The van der Waals surface area contributed by atoms with E-state index in [0.717, 1.165) is 10.8 Å². The summed E-state index contributed by atoms with van der Waals surface area (Å²) >= 11 is 19.5. The Morgan fingerprint density at radius 2 is 1.96 bits per heavy atom. The molecule has 0 unspecified atom stereocenters. The van der Waals surface area contributed by atoms with Gasteiger partial charge in [-0.25, -0.2) is 0 Å². The Bertz CT molecular complexity index is 1210. The zero-order valence-corrected chi connectivity index (χ0v) is 16.4. The second-order valence-corrected chi connectivity index (χ2v) is 7.42. The Kier molecular flexibility index (Phi) is 5.53. The number of amides is 1. The van der Waals surface area contributed by atoms with Crippen LogP contribution in [0.3, 0.4) is 0 Å². The Morgan fingerprint density at radius 1 is 1.26 bits per heavy atom. The molecule has 0 atom stereocenters. The van der Waals surface area contributed by atoms with Crippen molar-refractivity contribution in [1.29, 1.82) is 0 Å². The number of nitro benzene ring substituents is 1. The van der Waals surface area contributed by atoms with Crippen molar-refractivity contribution in [2.45, 2.75) is 6.54 Å². The van der Waals surface area contributed by atoms with Crippen LogP contribution in [0.5, 0.6) is 0 Å². The van der Waals surface area contributed by atoms with Crippen molar-refractivity contribution < 1.29 is 9.72 Å². The summed E-state index contributed by atoms with van der Waals surface area (Å²) in [5.74, 6) is 1.75. The normalized spacial score (nSPS) is 11.6. The summed E-state index contributed by atoms with van der Waals surface area (Å²) in [6.45, 7) is 0.106. The fourth-order valence-corrected chi connectivity index (χ4v) is 4.07. The smallest absolute Gasteiger partial charge is 0.281 e. The van der Waals surface area contributed by atoms with Gasteiger partial charge in [0.05, 0.1) is 42.3 Å². The van der Waals surface area contributed by atoms with Gasteiger partial charge in [-0.3, -0.25) is 14.9 Å². The number of benzene rings is 2. The van der Waals surface area contributed by atoms with Gasteiger partial charge in [0.1, 0.15) is 0 Å². The lowest BCUT2D eigenvalue weighted by atomic mass is 10.2. The molecule has 0 bridgehead atoms. The number of rotatable bonds is 3. The molecule has 0 saturated heterocycles. The molecule has 1 aromatic heterocycles. The van der Waals surface area contributed by atoms with Crippen LogP contribution >= 0.6 is 46.1 Å². The van der Waals surface area contributed by atoms with E-state index in [1.165, 1.54) is 23.5 Å². The van der Waals surface area contributed by atoms with Gasteiger partial charge in [-0.15, -0.1) is 6.42 Å². The first-order valence-corrected chi connectivity index (χ1v) is 9.22. The van der Waals surface area contributed by atoms with Gasteiger partial charge in [-0.05, 0) is 18.2 Å². The lowest BCUT2D eigenvalue weighted by Gasteiger charge is -2.03. The van der Waals surface area contributed by atoms with Crippen LogP contribution in [-0.2, 0) is 6.54 Å². The summed E-state index contributed by atoms with van der Waals surface area (Å²) in [6.07, 6.45) is 5.42. The van der Waals surface area contributed by atoms with Gasteiger partial charge in [0.15, 0.2) is 4.80 Å². The van der Waals surface area contributed by atoms with Gasteiger partial charge in [-0.1, -0.05) is 52.1 Å². The van der Waals surface area contributed by atoms with Gasteiger partial charge in [0.25, 0.3) is 11.6 Å². The van der Waals surface area contributed by atoms with Crippen LogP contribution in [0.15, 0.2) is 35.3 Å². The summed E-state index contributed by atoms with van der Waals surface area (Å²) in [4.78, 5) is 27.3. The lowest BCUT2D eigenvalue weighted by Crippen LogP contribution is -2.17. The summed E-state index contributed by atoms with van der Waals surface area (Å²) in [6, 6.07) is 6.94. The molecule has 27 heavy (non-hydrogen) atoms. The van der Waals surface area contributed by atoms with Gasteiger partial charge in [0, 0.05) is 12.1 Å². The zero-order chi connectivity index (χ0) is 19.7. The third-order valence-electron chi connectivity index (χ3n) is 3.57. The molecule has 0 fully saturated rings. The minimum Gasteiger partial charge on any atom is -0.303 e. The first-order chi connectivity index (χ1) is 12.8. The minimum atomic E-state index is -0.733. The van der Waals surface area contributed by atoms with Crippen molar-refractivity contribution in [3.05, 3.63) is 65.9 Å². The predicted molar refractivity (Wildman–Crippen MR) is 107 cm³/mol. The van der Waals surface area contributed by atoms with E-state index >= 15 is 0 Å². The highest BCUT2D eigenvalue weighted by Crippen LogP contribution is 2.32. The second kappa shape index (κ2) is 7.71. The molecule has 6 nitrogen and oxygen atoms in total. The number of aromatic nitrogens is 1. The fourth-order valence-electron chi connectivity index (χ4n) is 2.36. The number of terminal acetylenes is 1. The number of non-ortho nitro benzene ring substituents is 1. The molecule has 10 heteroatoms. The second-order valence-electron chi connectivity index (χ2n) is 5.22. The first-order valence-electron chi connectivity index (χ1n) is 7.27. The fraction of sp³-hybridized carbons (Fsp3) is 0.0588. The quantitative estimate of drug-likeness (QED) is 0.328. The molecule has 1 heterocycles.